The van der Waals surface area contributed by atoms with Crippen molar-refractivity contribution in [3.8, 4) is 0 Å². The van der Waals surface area contributed by atoms with Crippen LogP contribution in [0.25, 0.3) is 10.2 Å². The van der Waals surface area contributed by atoms with Crippen LogP contribution in [-0.4, -0.2) is 48.7 Å². The maximum absolute atomic E-state index is 13.0. The van der Waals surface area contributed by atoms with Crippen LogP contribution in [0.15, 0.2) is 47.4 Å². The molecule has 0 saturated carbocycles. The Morgan fingerprint density at radius 3 is 2.54 bits per heavy atom. The number of carbonyl (C=O) groups excluding carboxylic acids is 1. The number of carbonyl (C=O) groups is 1. The van der Waals surface area contributed by atoms with Crippen molar-refractivity contribution in [2.45, 2.75) is 25.2 Å². The smallest absolute Gasteiger partial charge is 0.229 e. The van der Waals surface area contributed by atoms with Crippen LogP contribution in [0.3, 0.4) is 0 Å². The number of thioether (sulfide) groups is 1. The van der Waals surface area contributed by atoms with Crippen LogP contribution >= 0.6 is 23.1 Å². The third-order valence-corrected chi connectivity index (χ3v) is 6.76. The predicted octanol–water partition coefficient (Wildman–Crippen LogP) is 4.99. The summed E-state index contributed by atoms with van der Waals surface area (Å²) in [4.78, 5) is 23.0. The Labute approximate surface area is 175 Å². The monoisotopic (exact) mass is 413 g/mol. The third-order valence-electron chi connectivity index (χ3n) is 4.70. The molecule has 2 aromatic carbocycles. The molecular weight excluding hydrogens is 386 g/mol. The molecule has 0 atom stereocenters. The molecule has 0 saturated heterocycles. The van der Waals surface area contributed by atoms with E-state index < -0.39 is 0 Å². The number of aryl methyl sites for hydroxylation is 2. The summed E-state index contributed by atoms with van der Waals surface area (Å²) in [6, 6.07) is 14.5. The number of nitrogens with zero attached hydrogens (tertiary/aromatic N) is 3. The number of fused-ring (bicyclic) bond motifs is 1. The van der Waals surface area contributed by atoms with E-state index in [1.807, 2.05) is 37.2 Å². The summed E-state index contributed by atoms with van der Waals surface area (Å²) in [6.07, 6.45) is 0.501. The van der Waals surface area contributed by atoms with E-state index in [1.165, 1.54) is 16.0 Å². The van der Waals surface area contributed by atoms with Gasteiger partial charge in [-0.1, -0.05) is 35.6 Å². The second-order valence-corrected chi connectivity index (χ2v) is 9.29. The van der Waals surface area contributed by atoms with Gasteiger partial charge in [0.25, 0.3) is 0 Å². The average Bonchev–Trinajstić information content (AvgIpc) is 3.10. The number of likely N-dealkylation sites (N-methyl/N-ethyl adjacent to an activating group) is 1. The lowest BCUT2D eigenvalue weighted by Crippen LogP contribution is -2.36. The van der Waals surface area contributed by atoms with Crippen molar-refractivity contribution in [3.63, 3.8) is 0 Å². The molecule has 3 rings (SSSR count). The topological polar surface area (TPSA) is 36.4 Å². The molecule has 1 heterocycles. The van der Waals surface area contributed by atoms with Crippen LogP contribution < -0.4 is 4.90 Å². The van der Waals surface area contributed by atoms with Gasteiger partial charge in [0.2, 0.25) is 5.91 Å². The van der Waals surface area contributed by atoms with Gasteiger partial charge in [0.05, 0.1) is 10.2 Å². The number of anilines is 1. The Bertz CT molecular complexity index is 938. The Balaban J connectivity index is 1.76. The summed E-state index contributed by atoms with van der Waals surface area (Å²) in [7, 11) is 4.06. The molecule has 0 fully saturated rings. The third kappa shape index (κ3) is 5.13. The van der Waals surface area contributed by atoms with Gasteiger partial charge in [0.15, 0.2) is 5.13 Å². The molecule has 0 unspecified atom stereocenters. The highest BCUT2D eigenvalue weighted by atomic mass is 32.2. The predicted molar refractivity (Wildman–Crippen MR) is 122 cm³/mol. The molecule has 0 aliphatic rings. The molecule has 0 aliphatic heterocycles. The maximum Gasteiger partial charge on any atom is 0.229 e. The number of benzene rings is 2. The minimum atomic E-state index is 0.138. The fourth-order valence-electron chi connectivity index (χ4n) is 2.86. The Hall–Kier alpha value is -1.89. The van der Waals surface area contributed by atoms with Crippen molar-refractivity contribution in [1.29, 1.82) is 0 Å². The van der Waals surface area contributed by atoms with E-state index in [9.17, 15) is 4.79 Å². The molecule has 0 aliphatic carbocycles. The van der Waals surface area contributed by atoms with Crippen LogP contribution in [0, 0.1) is 13.8 Å². The lowest BCUT2D eigenvalue weighted by atomic mass is 10.1. The highest BCUT2D eigenvalue weighted by molar-refractivity contribution is 7.99. The van der Waals surface area contributed by atoms with Crippen LogP contribution in [0.4, 0.5) is 5.13 Å². The van der Waals surface area contributed by atoms with Crippen molar-refractivity contribution in [3.05, 3.63) is 53.6 Å². The summed E-state index contributed by atoms with van der Waals surface area (Å²) in [5.74, 6) is 0.906. The molecule has 6 heteroatoms. The van der Waals surface area contributed by atoms with Crippen LogP contribution in [-0.2, 0) is 4.79 Å². The summed E-state index contributed by atoms with van der Waals surface area (Å²) >= 11 is 3.33. The highest BCUT2D eigenvalue weighted by Crippen LogP contribution is 2.32. The first-order valence-electron chi connectivity index (χ1n) is 9.45. The van der Waals surface area contributed by atoms with E-state index in [2.05, 4.69) is 43.0 Å². The minimum absolute atomic E-state index is 0.138. The molecule has 0 bridgehead atoms. The van der Waals surface area contributed by atoms with E-state index in [-0.39, 0.29) is 5.91 Å². The van der Waals surface area contributed by atoms with Gasteiger partial charge in [-0.3, -0.25) is 9.69 Å². The van der Waals surface area contributed by atoms with Gasteiger partial charge in [-0.15, -0.1) is 11.8 Å². The molecule has 3 aromatic rings. The lowest BCUT2D eigenvalue weighted by molar-refractivity contribution is -0.118. The molecule has 0 N–H and O–H groups in total. The fourth-order valence-corrected chi connectivity index (χ4v) is 4.80. The molecule has 1 amide bonds. The normalized spacial score (nSPS) is 11.3. The number of hydrogen-bond donors (Lipinski definition) is 0. The summed E-state index contributed by atoms with van der Waals surface area (Å²) < 4.78 is 1.14. The number of thiazole rings is 1. The molecule has 0 spiro atoms. The first kappa shape index (κ1) is 20.8. The van der Waals surface area contributed by atoms with Gasteiger partial charge in [0, 0.05) is 30.2 Å². The largest absolute Gasteiger partial charge is 0.308 e. The summed E-state index contributed by atoms with van der Waals surface area (Å²) in [5, 5.41) is 0.806. The number of aromatic nitrogens is 1. The van der Waals surface area contributed by atoms with Gasteiger partial charge in [-0.25, -0.2) is 4.98 Å². The Kier molecular flexibility index (Phi) is 7.10. The molecule has 28 heavy (non-hydrogen) atoms. The van der Waals surface area contributed by atoms with Crippen molar-refractivity contribution in [2.24, 2.45) is 0 Å². The molecular formula is C22H27N3OS2. The lowest BCUT2D eigenvalue weighted by Gasteiger charge is -2.22. The molecule has 1 aromatic heterocycles. The van der Waals surface area contributed by atoms with E-state index in [0.29, 0.717) is 13.0 Å². The Morgan fingerprint density at radius 1 is 1.07 bits per heavy atom. The second-order valence-electron chi connectivity index (χ2n) is 7.11. The van der Waals surface area contributed by atoms with Crippen molar-refractivity contribution in [2.75, 3.05) is 37.8 Å². The minimum Gasteiger partial charge on any atom is -0.308 e. The highest BCUT2D eigenvalue weighted by Gasteiger charge is 2.20. The standard InChI is InChI=1S/C22H27N3OS2/c1-16-10-11-19-21(17(16)2)23-22(28-19)25(14-13-24(3)4)20(26)12-15-27-18-8-6-5-7-9-18/h5-11H,12-15H2,1-4H3. The van der Waals surface area contributed by atoms with Gasteiger partial charge in [-0.05, 0) is 57.3 Å². The zero-order valence-corrected chi connectivity index (χ0v) is 18.6. The quantitative estimate of drug-likeness (QED) is 0.488. The van der Waals surface area contributed by atoms with Crippen molar-refractivity contribution >= 4 is 44.4 Å². The van der Waals surface area contributed by atoms with Gasteiger partial charge in [-0.2, -0.15) is 0 Å². The van der Waals surface area contributed by atoms with Gasteiger partial charge in [0.1, 0.15) is 0 Å². The van der Waals surface area contributed by atoms with Crippen molar-refractivity contribution in [1.82, 2.24) is 9.88 Å². The fraction of sp³-hybridized carbons (Fsp3) is 0.364. The first-order chi connectivity index (χ1) is 13.5. The summed E-state index contributed by atoms with van der Waals surface area (Å²) in [5.41, 5.74) is 3.44. The second kappa shape index (κ2) is 9.54. The Morgan fingerprint density at radius 2 is 1.82 bits per heavy atom. The average molecular weight is 414 g/mol. The van der Waals surface area contributed by atoms with Gasteiger partial charge < -0.3 is 4.90 Å². The number of rotatable bonds is 8. The molecule has 148 valence electrons. The first-order valence-corrected chi connectivity index (χ1v) is 11.3. The van der Waals surface area contributed by atoms with Crippen LogP contribution in [0.5, 0.6) is 0 Å². The van der Waals surface area contributed by atoms with Gasteiger partial charge >= 0.3 is 0 Å². The zero-order chi connectivity index (χ0) is 20.1. The van der Waals surface area contributed by atoms with E-state index in [1.54, 1.807) is 23.1 Å². The zero-order valence-electron chi connectivity index (χ0n) is 16.9. The van der Waals surface area contributed by atoms with E-state index >= 15 is 0 Å². The number of amides is 1. The SMILES string of the molecule is Cc1ccc2sc(N(CCN(C)C)C(=O)CCSc3ccccc3)nc2c1C. The van der Waals surface area contributed by atoms with Crippen LogP contribution in [0.2, 0.25) is 0 Å². The molecule has 0 radical (unpaired) electrons. The van der Waals surface area contributed by atoms with Crippen molar-refractivity contribution < 1.29 is 4.79 Å². The number of hydrogen-bond acceptors (Lipinski definition) is 5. The van der Waals surface area contributed by atoms with E-state index in [0.717, 1.165) is 27.6 Å². The summed E-state index contributed by atoms with van der Waals surface area (Å²) in [6.45, 7) is 5.67. The maximum atomic E-state index is 13.0. The van der Waals surface area contributed by atoms with Crippen LogP contribution in [0.1, 0.15) is 17.5 Å². The molecule has 4 nitrogen and oxygen atoms in total. The van der Waals surface area contributed by atoms with E-state index in [4.69, 9.17) is 4.98 Å².